The van der Waals surface area contributed by atoms with E-state index in [9.17, 15) is 9.18 Å². The van der Waals surface area contributed by atoms with Crippen LogP contribution in [0.5, 0.6) is 0 Å². The van der Waals surface area contributed by atoms with Crippen molar-refractivity contribution in [1.29, 1.82) is 0 Å². The Morgan fingerprint density at radius 2 is 1.62 bits per heavy atom. The largest absolute Gasteiger partial charge is 0.451 e. The number of halogens is 1. The van der Waals surface area contributed by atoms with Crippen LogP contribution >= 0.6 is 0 Å². The van der Waals surface area contributed by atoms with Crippen molar-refractivity contribution in [3.63, 3.8) is 0 Å². The second kappa shape index (κ2) is 7.16. The molecule has 3 nitrogen and oxygen atoms in total. The molecular weight excluding hydrogens is 329 g/mol. The first-order chi connectivity index (χ1) is 12.7. The van der Waals surface area contributed by atoms with Gasteiger partial charge in [-0.2, -0.15) is 0 Å². The average molecular weight is 349 g/mol. The predicted octanol–water partition coefficient (Wildman–Crippen LogP) is 5.11. The lowest BCUT2D eigenvalue weighted by molar-refractivity contribution is 0.0681. The van der Waals surface area contributed by atoms with Crippen molar-refractivity contribution in [3.05, 3.63) is 83.9 Å². The number of benzene rings is 2. The highest BCUT2D eigenvalue weighted by molar-refractivity contribution is 5.92. The van der Waals surface area contributed by atoms with E-state index < -0.39 is 0 Å². The fourth-order valence-electron chi connectivity index (χ4n) is 3.52. The lowest BCUT2D eigenvalue weighted by atomic mass is 9.89. The summed E-state index contributed by atoms with van der Waals surface area (Å²) in [5.41, 5.74) is 2.10. The van der Waals surface area contributed by atoms with E-state index in [2.05, 4.69) is 24.3 Å². The Morgan fingerprint density at radius 1 is 0.923 bits per heavy atom. The summed E-state index contributed by atoms with van der Waals surface area (Å²) in [7, 11) is 0. The summed E-state index contributed by atoms with van der Waals surface area (Å²) in [6, 6.07) is 20.0. The Bertz CT molecular complexity index is 878. The smallest absolute Gasteiger partial charge is 0.289 e. The van der Waals surface area contributed by atoms with Crippen molar-refractivity contribution in [2.45, 2.75) is 18.8 Å². The van der Waals surface area contributed by atoms with Gasteiger partial charge in [0.15, 0.2) is 5.76 Å². The molecule has 1 aromatic heterocycles. The average Bonchev–Trinajstić information content (AvgIpc) is 3.19. The normalized spacial score (nSPS) is 15.2. The molecule has 0 atom stereocenters. The van der Waals surface area contributed by atoms with Crippen LogP contribution in [0.15, 0.2) is 71.1 Å². The fraction of sp³-hybridized carbons (Fsp3) is 0.227. The summed E-state index contributed by atoms with van der Waals surface area (Å²) in [6.45, 7) is 1.45. The van der Waals surface area contributed by atoms with Crippen molar-refractivity contribution in [2.75, 3.05) is 13.1 Å². The topological polar surface area (TPSA) is 33.5 Å². The van der Waals surface area contributed by atoms with Crippen LogP contribution in [0.25, 0.3) is 11.3 Å². The molecule has 1 fully saturated rings. The first kappa shape index (κ1) is 16.6. The van der Waals surface area contributed by atoms with Crippen molar-refractivity contribution < 1.29 is 13.6 Å². The zero-order valence-corrected chi connectivity index (χ0v) is 14.4. The Balaban J connectivity index is 1.42. The molecule has 0 N–H and O–H groups in total. The van der Waals surface area contributed by atoms with Gasteiger partial charge in [0.2, 0.25) is 0 Å². The summed E-state index contributed by atoms with van der Waals surface area (Å²) >= 11 is 0. The van der Waals surface area contributed by atoms with E-state index >= 15 is 0 Å². The van der Waals surface area contributed by atoms with E-state index in [-0.39, 0.29) is 11.7 Å². The maximum Gasteiger partial charge on any atom is 0.289 e. The van der Waals surface area contributed by atoms with E-state index in [1.54, 1.807) is 24.3 Å². The highest BCUT2D eigenvalue weighted by Gasteiger charge is 2.26. The molecule has 1 aliphatic rings. The predicted molar refractivity (Wildman–Crippen MR) is 98.4 cm³/mol. The number of amides is 1. The number of piperidine rings is 1. The molecular formula is C22H20FNO2. The minimum Gasteiger partial charge on any atom is -0.451 e. The number of carbonyl (C=O) groups is 1. The first-order valence-electron chi connectivity index (χ1n) is 8.91. The van der Waals surface area contributed by atoms with Gasteiger partial charge in [-0.15, -0.1) is 0 Å². The standard InChI is InChI=1S/C22H20FNO2/c23-19-8-6-18(7-9-19)20-10-11-21(26-20)22(25)24-14-12-17(13-15-24)16-4-2-1-3-5-16/h1-11,17H,12-15H2. The molecule has 4 rings (SSSR count). The quantitative estimate of drug-likeness (QED) is 0.659. The van der Waals surface area contributed by atoms with Crippen LogP contribution in [0.1, 0.15) is 34.9 Å². The van der Waals surface area contributed by atoms with Gasteiger partial charge in [-0.25, -0.2) is 4.39 Å². The Morgan fingerprint density at radius 3 is 2.31 bits per heavy atom. The van der Waals surface area contributed by atoms with Gasteiger partial charge in [0, 0.05) is 18.7 Å². The molecule has 2 aromatic carbocycles. The lowest BCUT2D eigenvalue weighted by Gasteiger charge is -2.31. The molecule has 0 saturated carbocycles. The Kier molecular flexibility index (Phi) is 4.57. The number of furan rings is 1. The van der Waals surface area contributed by atoms with E-state index in [4.69, 9.17) is 4.42 Å². The lowest BCUT2D eigenvalue weighted by Crippen LogP contribution is -2.37. The molecule has 0 radical (unpaired) electrons. The first-order valence-corrected chi connectivity index (χ1v) is 8.91. The molecule has 2 heterocycles. The zero-order chi connectivity index (χ0) is 17.9. The van der Waals surface area contributed by atoms with Crippen LogP contribution in [0.2, 0.25) is 0 Å². The second-order valence-electron chi connectivity index (χ2n) is 6.65. The number of nitrogens with zero attached hydrogens (tertiary/aromatic N) is 1. The second-order valence-corrected chi connectivity index (χ2v) is 6.65. The van der Waals surface area contributed by atoms with Gasteiger partial charge in [0.1, 0.15) is 11.6 Å². The SMILES string of the molecule is O=C(c1ccc(-c2ccc(F)cc2)o1)N1CCC(c2ccccc2)CC1. The zero-order valence-electron chi connectivity index (χ0n) is 14.4. The molecule has 0 bridgehead atoms. The molecule has 1 aliphatic heterocycles. The van der Waals surface area contributed by atoms with Crippen molar-refractivity contribution in [3.8, 4) is 11.3 Å². The van der Waals surface area contributed by atoms with Gasteiger partial charge in [-0.1, -0.05) is 30.3 Å². The highest BCUT2D eigenvalue weighted by Crippen LogP contribution is 2.29. The maximum atomic E-state index is 13.0. The van der Waals surface area contributed by atoms with Gasteiger partial charge in [0.05, 0.1) is 0 Å². The third-order valence-electron chi connectivity index (χ3n) is 5.00. The molecule has 132 valence electrons. The molecule has 3 aromatic rings. The minimum atomic E-state index is -0.294. The number of hydrogen-bond donors (Lipinski definition) is 0. The van der Waals surface area contributed by atoms with E-state index in [1.807, 2.05) is 11.0 Å². The van der Waals surface area contributed by atoms with Crippen LogP contribution in [-0.4, -0.2) is 23.9 Å². The van der Waals surface area contributed by atoms with Gasteiger partial charge < -0.3 is 9.32 Å². The molecule has 0 unspecified atom stereocenters. The van der Waals surface area contributed by atoms with Crippen LogP contribution in [0.4, 0.5) is 4.39 Å². The molecule has 26 heavy (non-hydrogen) atoms. The summed E-state index contributed by atoms with van der Waals surface area (Å²) in [5, 5.41) is 0. The Labute approximate surface area is 152 Å². The number of hydrogen-bond acceptors (Lipinski definition) is 2. The summed E-state index contributed by atoms with van der Waals surface area (Å²) in [4.78, 5) is 14.6. The summed E-state index contributed by atoms with van der Waals surface area (Å²) in [6.07, 6.45) is 1.92. The van der Waals surface area contributed by atoms with Crippen LogP contribution in [-0.2, 0) is 0 Å². The minimum absolute atomic E-state index is 0.0788. The fourth-order valence-corrected chi connectivity index (χ4v) is 3.52. The van der Waals surface area contributed by atoms with Crippen LogP contribution < -0.4 is 0 Å². The van der Waals surface area contributed by atoms with Crippen LogP contribution in [0, 0.1) is 5.82 Å². The molecule has 1 saturated heterocycles. The van der Waals surface area contributed by atoms with Gasteiger partial charge >= 0.3 is 0 Å². The molecule has 1 amide bonds. The number of carbonyl (C=O) groups excluding carboxylic acids is 1. The van der Waals surface area contributed by atoms with Crippen LogP contribution in [0.3, 0.4) is 0 Å². The Hall–Kier alpha value is -2.88. The monoisotopic (exact) mass is 349 g/mol. The number of likely N-dealkylation sites (tertiary alicyclic amines) is 1. The van der Waals surface area contributed by atoms with Gasteiger partial charge in [-0.05, 0) is 60.7 Å². The third-order valence-corrected chi connectivity index (χ3v) is 5.00. The number of rotatable bonds is 3. The summed E-state index contributed by atoms with van der Waals surface area (Å²) in [5.74, 6) is 1.05. The van der Waals surface area contributed by atoms with E-state index in [0.29, 0.717) is 17.4 Å². The highest BCUT2D eigenvalue weighted by atomic mass is 19.1. The van der Waals surface area contributed by atoms with E-state index in [0.717, 1.165) is 31.5 Å². The summed E-state index contributed by atoms with van der Waals surface area (Å²) < 4.78 is 18.8. The van der Waals surface area contributed by atoms with Crippen molar-refractivity contribution in [2.24, 2.45) is 0 Å². The molecule has 0 spiro atoms. The van der Waals surface area contributed by atoms with E-state index in [1.165, 1.54) is 17.7 Å². The maximum absolute atomic E-state index is 13.0. The van der Waals surface area contributed by atoms with Gasteiger partial charge in [0.25, 0.3) is 5.91 Å². The molecule has 4 heteroatoms. The third kappa shape index (κ3) is 3.40. The van der Waals surface area contributed by atoms with Crippen molar-refractivity contribution >= 4 is 5.91 Å². The van der Waals surface area contributed by atoms with Gasteiger partial charge in [-0.3, -0.25) is 4.79 Å². The molecule has 0 aliphatic carbocycles. The van der Waals surface area contributed by atoms with Crippen molar-refractivity contribution in [1.82, 2.24) is 4.90 Å².